The van der Waals surface area contributed by atoms with E-state index in [1.54, 1.807) is 9.47 Å². The molecular formula is C23H29N5O2S. The summed E-state index contributed by atoms with van der Waals surface area (Å²) in [5.74, 6) is 0.180. The molecule has 1 heterocycles. The molecule has 2 aromatic carbocycles. The Morgan fingerprint density at radius 3 is 2.45 bits per heavy atom. The van der Waals surface area contributed by atoms with Crippen molar-refractivity contribution >= 4 is 34.7 Å². The molecule has 0 aliphatic carbocycles. The summed E-state index contributed by atoms with van der Waals surface area (Å²) in [7, 11) is 0. The van der Waals surface area contributed by atoms with Gasteiger partial charge in [0.25, 0.3) is 0 Å². The van der Waals surface area contributed by atoms with Crippen molar-refractivity contribution in [2.75, 3.05) is 16.0 Å². The molecule has 1 amide bonds. The van der Waals surface area contributed by atoms with Crippen molar-refractivity contribution in [2.45, 2.75) is 51.4 Å². The van der Waals surface area contributed by atoms with Gasteiger partial charge in [0, 0.05) is 29.6 Å². The standard InChI is InChI=1S/C23H29N5O2S/c1-4-5-15-27-22(30)25-26-23(27)31-16-21(29)28(17(2)3)20-13-11-19(12-14-20)24-18-9-7-6-8-10-18/h6-14,17,24H,4-5,15-16H2,1-3H3,(H,25,30). The van der Waals surface area contributed by atoms with Crippen LogP contribution in [0.15, 0.2) is 64.5 Å². The Bertz CT molecular complexity index is 1030. The topological polar surface area (TPSA) is 83.0 Å². The van der Waals surface area contributed by atoms with E-state index in [2.05, 4.69) is 22.4 Å². The van der Waals surface area contributed by atoms with Gasteiger partial charge in [0.2, 0.25) is 5.91 Å². The molecular weight excluding hydrogens is 410 g/mol. The zero-order valence-corrected chi connectivity index (χ0v) is 19.0. The molecule has 0 unspecified atom stereocenters. The van der Waals surface area contributed by atoms with E-state index in [1.165, 1.54) is 11.8 Å². The van der Waals surface area contributed by atoms with Gasteiger partial charge in [0.05, 0.1) is 5.75 Å². The molecule has 1 aromatic heterocycles. The maximum Gasteiger partial charge on any atom is 0.343 e. The van der Waals surface area contributed by atoms with E-state index in [0.717, 1.165) is 29.9 Å². The van der Waals surface area contributed by atoms with Gasteiger partial charge in [-0.1, -0.05) is 43.3 Å². The number of anilines is 3. The number of benzene rings is 2. The summed E-state index contributed by atoms with van der Waals surface area (Å²) in [6.07, 6.45) is 1.87. The molecule has 0 atom stereocenters. The maximum absolute atomic E-state index is 13.0. The SMILES string of the molecule is CCCCn1c(SCC(=O)N(c2ccc(Nc3ccccc3)cc2)C(C)C)n[nH]c1=O. The predicted molar refractivity (Wildman–Crippen MR) is 127 cm³/mol. The molecule has 164 valence electrons. The van der Waals surface area contributed by atoms with Crippen molar-refractivity contribution in [2.24, 2.45) is 0 Å². The van der Waals surface area contributed by atoms with Crippen molar-refractivity contribution in [1.82, 2.24) is 14.8 Å². The molecule has 0 radical (unpaired) electrons. The van der Waals surface area contributed by atoms with Crippen molar-refractivity contribution < 1.29 is 4.79 Å². The smallest absolute Gasteiger partial charge is 0.343 e. The molecule has 0 saturated carbocycles. The molecule has 0 fully saturated rings. The van der Waals surface area contributed by atoms with Gasteiger partial charge in [-0.15, -0.1) is 5.10 Å². The summed E-state index contributed by atoms with van der Waals surface area (Å²) >= 11 is 1.29. The Hall–Kier alpha value is -3.00. The number of carbonyl (C=O) groups excluding carboxylic acids is 1. The minimum absolute atomic E-state index is 0.00232. The fraction of sp³-hybridized carbons (Fsp3) is 0.348. The normalized spacial score (nSPS) is 11.0. The monoisotopic (exact) mass is 439 g/mol. The van der Waals surface area contributed by atoms with Gasteiger partial charge in [-0.3, -0.25) is 9.36 Å². The lowest BCUT2D eigenvalue weighted by atomic mass is 10.2. The van der Waals surface area contributed by atoms with Crippen LogP contribution >= 0.6 is 11.8 Å². The van der Waals surface area contributed by atoms with Crippen molar-refractivity contribution in [3.63, 3.8) is 0 Å². The molecule has 8 heteroatoms. The summed E-state index contributed by atoms with van der Waals surface area (Å²) in [6.45, 7) is 6.66. The van der Waals surface area contributed by atoms with E-state index in [1.807, 2.05) is 68.4 Å². The quantitative estimate of drug-likeness (QED) is 0.449. The predicted octanol–water partition coefficient (Wildman–Crippen LogP) is 4.65. The van der Waals surface area contributed by atoms with Crippen LogP contribution in [0.4, 0.5) is 17.1 Å². The lowest BCUT2D eigenvalue weighted by Gasteiger charge is -2.27. The van der Waals surface area contributed by atoms with E-state index in [9.17, 15) is 9.59 Å². The Labute approximate surface area is 186 Å². The molecule has 0 spiro atoms. The number of carbonyl (C=O) groups is 1. The van der Waals surface area contributed by atoms with Crippen LogP contribution < -0.4 is 15.9 Å². The van der Waals surface area contributed by atoms with Gasteiger partial charge in [-0.25, -0.2) is 9.89 Å². The van der Waals surface area contributed by atoms with Crippen LogP contribution in [0.3, 0.4) is 0 Å². The van der Waals surface area contributed by atoms with Crippen LogP contribution in [0.5, 0.6) is 0 Å². The number of unbranched alkanes of at least 4 members (excludes halogenated alkanes) is 1. The number of amides is 1. The van der Waals surface area contributed by atoms with E-state index in [0.29, 0.717) is 11.7 Å². The third-order valence-electron chi connectivity index (χ3n) is 4.78. The van der Waals surface area contributed by atoms with Crippen LogP contribution in [0.2, 0.25) is 0 Å². The first kappa shape index (κ1) is 22.7. The van der Waals surface area contributed by atoms with E-state index >= 15 is 0 Å². The van der Waals surface area contributed by atoms with Gasteiger partial charge in [0.15, 0.2) is 5.16 Å². The van der Waals surface area contributed by atoms with Gasteiger partial charge in [0.1, 0.15) is 0 Å². The number of nitrogens with one attached hydrogen (secondary N) is 2. The fourth-order valence-electron chi connectivity index (χ4n) is 3.25. The summed E-state index contributed by atoms with van der Waals surface area (Å²) < 4.78 is 1.60. The summed E-state index contributed by atoms with van der Waals surface area (Å²) in [5.41, 5.74) is 2.57. The number of aromatic amines is 1. The van der Waals surface area contributed by atoms with Gasteiger partial charge >= 0.3 is 5.69 Å². The molecule has 0 aliphatic heterocycles. The highest BCUT2D eigenvalue weighted by atomic mass is 32.2. The molecule has 0 aliphatic rings. The summed E-state index contributed by atoms with van der Waals surface area (Å²) in [5, 5.41) is 10.5. The number of nitrogens with zero attached hydrogens (tertiary/aromatic N) is 3. The number of hydrogen-bond acceptors (Lipinski definition) is 5. The Morgan fingerprint density at radius 1 is 1.13 bits per heavy atom. The molecule has 7 nitrogen and oxygen atoms in total. The second-order valence-electron chi connectivity index (χ2n) is 7.50. The van der Waals surface area contributed by atoms with Crippen molar-refractivity contribution in [3.05, 3.63) is 65.1 Å². The third kappa shape index (κ3) is 6.01. The van der Waals surface area contributed by atoms with Crippen LogP contribution in [-0.4, -0.2) is 32.5 Å². The molecule has 2 N–H and O–H groups in total. The number of thioether (sulfide) groups is 1. The summed E-state index contributed by atoms with van der Waals surface area (Å²) in [6, 6.07) is 17.8. The minimum atomic E-state index is -0.231. The van der Waals surface area contributed by atoms with Crippen LogP contribution in [0, 0.1) is 0 Å². The number of aromatic nitrogens is 3. The zero-order valence-electron chi connectivity index (χ0n) is 18.2. The highest BCUT2D eigenvalue weighted by Crippen LogP contribution is 2.24. The second-order valence-corrected chi connectivity index (χ2v) is 8.44. The maximum atomic E-state index is 13.0. The molecule has 0 bridgehead atoms. The number of H-pyrrole nitrogens is 1. The second kappa shape index (κ2) is 10.9. The highest BCUT2D eigenvalue weighted by Gasteiger charge is 2.20. The first-order chi connectivity index (χ1) is 15.0. The van der Waals surface area contributed by atoms with Crippen LogP contribution in [0.1, 0.15) is 33.6 Å². The van der Waals surface area contributed by atoms with E-state index < -0.39 is 0 Å². The molecule has 3 rings (SSSR count). The Kier molecular flexibility index (Phi) is 7.94. The van der Waals surface area contributed by atoms with E-state index in [4.69, 9.17) is 0 Å². The lowest BCUT2D eigenvalue weighted by molar-refractivity contribution is -0.116. The fourth-order valence-corrected chi connectivity index (χ4v) is 4.08. The van der Waals surface area contributed by atoms with Gasteiger partial charge in [-0.05, 0) is 56.7 Å². The first-order valence-corrected chi connectivity index (χ1v) is 11.5. The van der Waals surface area contributed by atoms with Crippen LogP contribution in [0.25, 0.3) is 0 Å². The average molecular weight is 440 g/mol. The molecule has 31 heavy (non-hydrogen) atoms. The minimum Gasteiger partial charge on any atom is -0.356 e. The zero-order chi connectivity index (χ0) is 22.2. The lowest BCUT2D eigenvalue weighted by Crippen LogP contribution is -2.38. The van der Waals surface area contributed by atoms with Crippen molar-refractivity contribution in [3.8, 4) is 0 Å². The Morgan fingerprint density at radius 2 is 1.81 bits per heavy atom. The van der Waals surface area contributed by atoms with Crippen molar-refractivity contribution in [1.29, 1.82) is 0 Å². The largest absolute Gasteiger partial charge is 0.356 e. The molecule has 0 saturated heterocycles. The third-order valence-corrected chi connectivity index (χ3v) is 5.74. The van der Waals surface area contributed by atoms with Crippen LogP contribution in [-0.2, 0) is 11.3 Å². The van der Waals surface area contributed by atoms with E-state index in [-0.39, 0.29) is 23.4 Å². The van der Waals surface area contributed by atoms with Gasteiger partial charge < -0.3 is 10.2 Å². The average Bonchev–Trinajstić information content (AvgIpc) is 3.12. The Balaban J connectivity index is 1.67. The number of rotatable bonds is 10. The number of para-hydroxylation sites is 1. The van der Waals surface area contributed by atoms with Gasteiger partial charge in [-0.2, -0.15) is 0 Å². The molecule has 3 aromatic rings. The summed E-state index contributed by atoms with van der Waals surface area (Å²) in [4.78, 5) is 26.8. The number of hydrogen-bond donors (Lipinski definition) is 2. The highest BCUT2D eigenvalue weighted by molar-refractivity contribution is 7.99. The first-order valence-electron chi connectivity index (χ1n) is 10.5.